The third-order valence-electron chi connectivity index (χ3n) is 3.30. The highest BCUT2D eigenvalue weighted by molar-refractivity contribution is 6.25. The maximum absolute atomic E-state index is 13.5. The van der Waals surface area contributed by atoms with E-state index in [0.717, 1.165) is 11.8 Å². The molecule has 2 rings (SSSR count). The smallest absolute Gasteiger partial charge is 0.412 e. The predicted octanol–water partition coefficient (Wildman–Crippen LogP) is 2.82. The van der Waals surface area contributed by atoms with Crippen LogP contribution in [-0.2, 0) is 27.6 Å². The average Bonchev–Trinajstić information content (AvgIpc) is 2.66. The van der Waals surface area contributed by atoms with Crippen molar-refractivity contribution in [3.8, 4) is 0 Å². The maximum atomic E-state index is 13.5. The van der Waals surface area contributed by atoms with E-state index in [1.54, 1.807) is 30.3 Å². The number of ether oxygens (including phenoxy) is 1. The molecule has 7 nitrogen and oxygen atoms in total. The Morgan fingerprint density at radius 2 is 1.73 bits per heavy atom. The van der Waals surface area contributed by atoms with Crippen LogP contribution in [0.25, 0.3) is 0 Å². The predicted molar refractivity (Wildman–Crippen MR) is 94.0 cm³/mol. The summed E-state index contributed by atoms with van der Waals surface area (Å²) in [6, 6.07) is 12.9. The van der Waals surface area contributed by atoms with E-state index < -0.39 is 11.9 Å². The molecular weight excluding hydrogens is 341 g/mol. The summed E-state index contributed by atoms with van der Waals surface area (Å²) in [5.74, 6) is -0.932. The standard InChI is InChI=1S/C18H18FN3O4/c1-20-17(23)10-21-26-12-14-7-3-2-6-13(14)11-25-18(24)22-16-9-5-4-8-15(16)19/h2-10H,11-12H2,1H3,(H,20,23)(H,22,24). The molecule has 2 aromatic carbocycles. The first kappa shape index (κ1) is 18.9. The van der Waals surface area contributed by atoms with E-state index in [0.29, 0.717) is 5.56 Å². The monoisotopic (exact) mass is 359 g/mol. The first-order valence-corrected chi connectivity index (χ1v) is 7.72. The van der Waals surface area contributed by atoms with Gasteiger partial charge in [-0.2, -0.15) is 0 Å². The van der Waals surface area contributed by atoms with Crippen LogP contribution in [0, 0.1) is 5.82 Å². The summed E-state index contributed by atoms with van der Waals surface area (Å²) in [4.78, 5) is 27.9. The first-order valence-electron chi connectivity index (χ1n) is 7.72. The quantitative estimate of drug-likeness (QED) is 0.588. The number of rotatable bonds is 7. The van der Waals surface area contributed by atoms with Gasteiger partial charge in [0.2, 0.25) is 0 Å². The Labute approximate surface area is 149 Å². The Kier molecular flexibility index (Phi) is 7.11. The molecule has 2 aromatic rings. The molecule has 0 fully saturated rings. The van der Waals surface area contributed by atoms with Crippen LogP contribution in [-0.4, -0.2) is 25.3 Å². The molecule has 0 atom stereocenters. The van der Waals surface area contributed by atoms with E-state index in [-0.39, 0.29) is 24.8 Å². The molecular formula is C18H18FN3O4. The van der Waals surface area contributed by atoms with Crippen LogP contribution in [0.2, 0.25) is 0 Å². The number of para-hydroxylation sites is 1. The van der Waals surface area contributed by atoms with Gasteiger partial charge in [-0.25, -0.2) is 9.18 Å². The van der Waals surface area contributed by atoms with Crippen molar-refractivity contribution in [2.75, 3.05) is 12.4 Å². The fraction of sp³-hybridized carbons (Fsp3) is 0.167. The second-order valence-corrected chi connectivity index (χ2v) is 5.07. The summed E-state index contributed by atoms with van der Waals surface area (Å²) in [6.07, 6.45) is 0.240. The lowest BCUT2D eigenvalue weighted by Crippen LogP contribution is -2.18. The molecule has 0 unspecified atom stereocenters. The lowest BCUT2D eigenvalue weighted by Gasteiger charge is -2.10. The minimum Gasteiger partial charge on any atom is -0.444 e. The van der Waals surface area contributed by atoms with Gasteiger partial charge in [-0.3, -0.25) is 10.1 Å². The largest absolute Gasteiger partial charge is 0.444 e. The van der Waals surface area contributed by atoms with Gasteiger partial charge < -0.3 is 14.9 Å². The number of carbonyl (C=O) groups excluding carboxylic acids is 2. The molecule has 2 amide bonds. The zero-order valence-corrected chi connectivity index (χ0v) is 14.1. The fourth-order valence-electron chi connectivity index (χ4n) is 1.95. The van der Waals surface area contributed by atoms with Gasteiger partial charge in [-0.1, -0.05) is 41.6 Å². The molecule has 2 N–H and O–H groups in total. The van der Waals surface area contributed by atoms with E-state index in [4.69, 9.17) is 9.57 Å². The summed E-state index contributed by atoms with van der Waals surface area (Å²) in [6.45, 7) is 0.0704. The van der Waals surface area contributed by atoms with Gasteiger partial charge in [0.05, 0.1) is 5.69 Å². The van der Waals surface area contributed by atoms with Crippen LogP contribution in [0.5, 0.6) is 0 Å². The Hall–Kier alpha value is -3.42. The van der Waals surface area contributed by atoms with Crippen molar-refractivity contribution < 1.29 is 23.6 Å². The molecule has 0 aliphatic heterocycles. The molecule has 0 saturated heterocycles. The van der Waals surface area contributed by atoms with Crippen LogP contribution in [0.3, 0.4) is 0 Å². The Morgan fingerprint density at radius 1 is 1.08 bits per heavy atom. The summed E-state index contributed by atoms with van der Waals surface area (Å²) >= 11 is 0. The van der Waals surface area contributed by atoms with Crippen LogP contribution in [0.15, 0.2) is 53.7 Å². The lowest BCUT2D eigenvalue weighted by molar-refractivity contribution is -0.114. The van der Waals surface area contributed by atoms with Crippen LogP contribution in [0.4, 0.5) is 14.9 Å². The van der Waals surface area contributed by atoms with Gasteiger partial charge in [0.15, 0.2) is 0 Å². The fourth-order valence-corrected chi connectivity index (χ4v) is 1.95. The van der Waals surface area contributed by atoms with E-state index >= 15 is 0 Å². The van der Waals surface area contributed by atoms with Crippen molar-refractivity contribution >= 4 is 23.9 Å². The number of halogens is 1. The number of nitrogens with zero attached hydrogens (tertiary/aromatic N) is 1. The first-order chi connectivity index (χ1) is 12.6. The van der Waals surface area contributed by atoms with Gasteiger partial charge >= 0.3 is 6.09 Å². The molecule has 0 bridgehead atoms. The van der Waals surface area contributed by atoms with E-state index in [2.05, 4.69) is 15.8 Å². The molecule has 26 heavy (non-hydrogen) atoms. The highest BCUT2D eigenvalue weighted by Crippen LogP contribution is 2.15. The average molecular weight is 359 g/mol. The third kappa shape index (κ3) is 5.90. The maximum Gasteiger partial charge on any atom is 0.412 e. The van der Waals surface area contributed by atoms with Gasteiger partial charge in [-0.05, 0) is 23.3 Å². The van der Waals surface area contributed by atoms with Crippen LogP contribution in [0.1, 0.15) is 11.1 Å². The number of anilines is 1. The third-order valence-corrected chi connectivity index (χ3v) is 3.30. The van der Waals surface area contributed by atoms with Gasteiger partial charge in [-0.15, -0.1) is 0 Å². The van der Waals surface area contributed by atoms with Crippen molar-refractivity contribution in [2.45, 2.75) is 13.2 Å². The number of amides is 2. The SMILES string of the molecule is CNC(=O)C=NOCc1ccccc1COC(=O)Nc1ccccc1F. The normalized spacial score (nSPS) is 10.4. The highest BCUT2D eigenvalue weighted by Gasteiger charge is 2.09. The molecule has 0 heterocycles. The van der Waals surface area contributed by atoms with E-state index in [1.807, 2.05) is 0 Å². The molecule has 0 saturated carbocycles. The second kappa shape index (κ2) is 9.77. The van der Waals surface area contributed by atoms with Gasteiger partial charge in [0.1, 0.15) is 25.2 Å². The summed E-state index contributed by atoms with van der Waals surface area (Å²) in [5.41, 5.74) is 1.48. The molecule has 0 radical (unpaired) electrons. The van der Waals surface area contributed by atoms with E-state index in [9.17, 15) is 14.0 Å². The second-order valence-electron chi connectivity index (χ2n) is 5.07. The zero-order chi connectivity index (χ0) is 18.8. The number of hydrogen-bond donors (Lipinski definition) is 2. The van der Waals surface area contributed by atoms with Crippen LogP contribution >= 0.6 is 0 Å². The van der Waals surface area contributed by atoms with Crippen molar-refractivity contribution in [3.05, 3.63) is 65.5 Å². The van der Waals surface area contributed by atoms with Crippen molar-refractivity contribution in [2.24, 2.45) is 5.16 Å². The van der Waals surface area contributed by atoms with E-state index in [1.165, 1.54) is 25.2 Å². The number of carbonyl (C=O) groups is 2. The molecule has 8 heteroatoms. The Morgan fingerprint density at radius 3 is 2.42 bits per heavy atom. The van der Waals surface area contributed by atoms with Crippen molar-refractivity contribution in [1.82, 2.24) is 5.32 Å². The van der Waals surface area contributed by atoms with Crippen LogP contribution < -0.4 is 10.6 Å². The minimum atomic E-state index is -0.775. The molecule has 0 aliphatic carbocycles. The minimum absolute atomic E-state index is 0.0288. The lowest BCUT2D eigenvalue weighted by atomic mass is 10.1. The number of hydrogen-bond acceptors (Lipinski definition) is 5. The summed E-state index contributed by atoms with van der Waals surface area (Å²) in [5, 5.41) is 8.25. The van der Waals surface area contributed by atoms with Crippen molar-refractivity contribution in [1.29, 1.82) is 0 Å². The molecule has 0 aliphatic rings. The summed E-state index contributed by atoms with van der Waals surface area (Å²) in [7, 11) is 1.48. The van der Waals surface area contributed by atoms with Crippen molar-refractivity contribution in [3.63, 3.8) is 0 Å². The Bertz CT molecular complexity index is 796. The molecule has 0 aromatic heterocycles. The molecule has 0 spiro atoms. The van der Waals surface area contributed by atoms with Gasteiger partial charge in [0, 0.05) is 7.05 Å². The molecule has 136 valence electrons. The highest BCUT2D eigenvalue weighted by atomic mass is 19.1. The zero-order valence-electron chi connectivity index (χ0n) is 14.1. The topological polar surface area (TPSA) is 89.0 Å². The number of benzene rings is 2. The Balaban J connectivity index is 1.89. The van der Waals surface area contributed by atoms with Gasteiger partial charge in [0.25, 0.3) is 5.91 Å². The number of nitrogens with one attached hydrogen (secondary N) is 2. The summed E-state index contributed by atoms with van der Waals surface area (Å²) < 4.78 is 18.6. The number of oxime groups is 1.